The Morgan fingerprint density at radius 3 is 2.33 bits per heavy atom. The summed E-state index contributed by atoms with van der Waals surface area (Å²) in [5.41, 5.74) is 0.387. The van der Waals surface area contributed by atoms with Gasteiger partial charge in [0.05, 0.1) is 17.1 Å². The first-order valence-electron chi connectivity index (χ1n) is 7.40. The van der Waals surface area contributed by atoms with E-state index < -0.39 is 10.0 Å². The van der Waals surface area contributed by atoms with E-state index >= 15 is 0 Å². The second-order valence-corrected chi connectivity index (χ2v) is 7.05. The number of carbonyl (C=O) groups excluding carboxylic acids is 2. The summed E-state index contributed by atoms with van der Waals surface area (Å²) in [5, 5.41) is 3.99. The highest BCUT2D eigenvalue weighted by molar-refractivity contribution is 7.89. The zero-order valence-electron chi connectivity index (χ0n) is 12.8. The first-order valence-corrected chi connectivity index (χ1v) is 8.89. The first-order chi connectivity index (χ1) is 11.5. The fourth-order valence-electron chi connectivity index (χ4n) is 2.45. The lowest BCUT2D eigenvalue weighted by molar-refractivity contribution is -0.121. The van der Waals surface area contributed by atoms with Crippen LogP contribution in [0.15, 0.2) is 47.6 Å². The van der Waals surface area contributed by atoms with Crippen molar-refractivity contribution in [3.05, 3.63) is 42.7 Å². The van der Waals surface area contributed by atoms with Crippen molar-refractivity contribution in [1.29, 1.82) is 0 Å². The number of hydrogen-bond donors (Lipinski definition) is 1. The van der Waals surface area contributed by atoms with Gasteiger partial charge in [-0.2, -0.15) is 5.10 Å². The average molecular weight is 348 g/mol. The molecule has 2 aromatic rings. The Morgan fingerprint density at radius 1 is 1.08 bits per heavy atom. The van der Waals surface area contributed by atoms with Crippen molar-refractivity contribution >= 4 is 27.5 Å². The van der Waals surface area contributed by atoms with Gasteiger partial charge in [0.1, 0.15) is 0 Å². The molecule has 126 valence electrons. The average Bonchev–Trinajstić information content (AvgIpc) is 3.18. The molecule has 8 nitrogen and oxygen atoms in total. The largest absolute Gasteiger partial charge is 0.274 e. The number of nitrogens with one attached hydrogen (secondary N) is 1. The predicted molar refractivity (Wildman–Crippen MR) is 85.6 cm³/mol. The Hall–Kier alpha value is -2.52. The normalized spacial score (nSPS) is 15.2. The minimum atomic E-state index is -3.66. The summed E-state index contributed by atoms with van der Waals surface area (Å²) >= 11 is 0. The van der Waals surface area contributed by atoms with Crippen LogP contribution < -0.4 is 9.62 Å². The number of amides is 2. The molecular weight excluding hydrogens is 332 g/mol. The second-order valence-electron chi connectivity index (χ2n) is 5.28. The minimum absolute atomic E-state index is 0.0748. The van der Waals surface area contributed by atoms with E-state index in [1.807, 2.05) is 0 Å². The van der Waals surface area contributed by atoms with Crippen molar-refractivity contribution in [3.63, 3.8) is 0 Å². The predicted octanol–water partition coefficient (Wildman–Crippen LogP) is 0.515. The van der Waals surface area contributed by atoms with Crippen molar-refractivity contribution < 1.29 is 18.0 Å². The Bertz CT molecular complexity index is 828. The van der Waals surface area contributed by atoms with Crippen LogP contribution in [0.4, 0.5) is 5.69 Å². The molecule has 1 aliphatic rings. The Morgan fingerprint density at radius 2 is 1.75 bits per heavy atom. The van der Waals surface area contributed by atoms with Gasteiger partial charge in [-0.05, 0) is 30.3 Å². The van der Waals surface area contributed by atoms with Gasteiger partial charge in [0.15, 0.2) is 0 Å². The summed E-state index contributed by atoms with van der Waals surface area (Å²) < 4.78 is 28.6. The van der Waals surface area contributed by atoms with Gasteiger partial charge in [-0.15, -0.1) is 0 Å². The van der Waals surface area contributed by atoms with E-state index in [-0.39, 0.29) is 36.1 Å². The Balaban J connectivity index is 1.67. The van der Waals surface area contributed by atoms with Gasteiger partial charge >= 0.3 is 0 Å². The molecule has 0 radical (unpaired) electrons. The molecule has 0 bridgehead atoms. The number of carbonyl (C=O) groups is 2. The van der Waals surface area contributed by atoms with Crippen molar-refractivity contribution in [3.8, 4) is 0 Å². The lowest BCUT2D eigenvalue weighted by Gasteiger charge is -2.14. The fraction of sp³-hybridized carbons (Fsp3) is 0.267. The van der Waals surface area contributed by atoms with Crippen molar-refractivity contribution in [1.82, 2.24) is 14.5 Å². The lowest BCUT2D eigenvalue weighted by Crippen LogP contribution is -2.29. The van der Waals surface area contributed by atoms with Crippen molar-refractivity contribution in [2.24, 2.45) is 0 Å². The minimum Gasteiger partial charge on any atom is -0.274 e. The standard InChI is InChI=1S/C15H16N4O4S/c20-14-6-7-15(21)19(14)12-2-4-13(5-3-12)24(22,23)17-9-11-18-10-1-8-16-18/h1-5,8,10,17H,6-7,9,11H2. The molecule has 0 spiro atoms. The number of benzene rings is 1. The molecule has 0 unspecified atom stereocenters. The summed E-state index contributed by atoms with van der Waals surface area (Å²) in [6.07, 6.45) is 3.74. The molecule has 0 aliphatic carbocycles. The number of imide groups is 1. The van der Waals surface area contributed by atoms with Gasteiger partial charge in [-0.1, -0.05) is 0 Å². The second kappa shape index (κ2) is 6.54. The van der Waals surface area contributed by atoms with Crippen LogP contribution in [0.3, 0.4) is 0 Å². The quantitative estimate of drug-likeness (QED) is 0.767. The monoisotopic (exact) mass is 348 g/mol. The summed E-state index contributed by atoms with van der Waals surface area (Å²) in [7, 11) is -3.66. The molecule has 0 saturated carbocycles. The first kappa shape index (κ1) is 16.3. The third-order valence-electron chi connectivity index (χ3n) is 3.65. The van der Waals surface area contributed by atoms with Gasteiger partial charge in [-0.3, -0.25) is 19.2 Å². The molecular formula is C15H16N4O4S. The molecule has 3 rings (SSSR count). The topological polar surface area (TPSA) is 101 Å². The molecule has 9 heteroatoms. The molecule has 2 heterocycles. The molecule has 0 atom stereocenters. The maximum absolute atomic E-state index is 12.2. The van der Waals surface area contributed by atoms with Crippen LogP contribution in [0.1, 0.15) is 12.8 Å². The highest BCUT2D eigenvalue weighted by atomic mass is 32.2. The van der Waals surface area contributed by atoms with E-state index in [1.165, 1.54) is 24.3 Å². The molecule has 1 saturated heterocycles. The van der Waals surface area contributed by atoms with E-state index in [0.29, 0.717) is 12.2 Å². The van der Waals surface area contributed by atoms with Gasteiger partial charge in [0.2, 0.25) is 21.8 Å². The molecule has 2 amide bonds. The number of rotatable bonds is 6. The van der Waals surface area contributed by atoms with E-state index in [1.54, 1.807) is 23.1 Å². The third kappa shape index (κ3) is 3.36. The third-order valence-corrected chi connectivity index (χ3v) is 5.13. The van der Waals surface area contributed by atoms with E-state index in [0.717, 1.165) is 4.90 Å². The zero-order valence-corrected chi connectivity index (χ0v) is 13.6. The van der Waals surface area contributed by atoms with Crippen LogP contribution in [-0.2, 0) is 26.2 Å². The van der Waals surface area contributed by atoms with Crippen molar-refractivity contribution in [2.75, 3.05) is 11.4 Å². The maximum atomic E-state index is 12.2. The van der Waals surface area contributed by atoms with Crippen LogP contribution in [0.25, 0.3) is 0 Å². The number of nitrogens with zero attached hydrogens (tertiary/aromatic N) is 3. The van der Waals surface area contributed by atoms with Gasteiger partial charge < -0.3 is 0 Å². The highest BCUT2D eigenvalue weighted by Crippen LogP contribution is 2.23. The van der Waals surface area contributed by atoms with E-state index in [4.69, 9.17) is 0 Å². The molecule has 24 heavy (non-hydrogen) atoms. The smallest absolute Gasteiger partial charge is 0.240 e. The molecule has 1 fully saturated rings. The summed E-state index contributed by atoms with van der Waals surface area (Å²) in [5.74, 6) is -0.541. The maximum Gasteiger partial charge on any atom is 0.240 e. The Labute approximate surface area is 139 Å². The zero-order chi connectivity index (χ0) is 17.2. The number of aromatic nitrogens is 2. The number of anilines is 1. The van der Waals surface area contributed by atoms with Crippen molar-refractivity contribution in [2.45, 2.75) is 24.3 Å². The van der Waals surface area contributed by atoms with Gasteiger partial charge in [0.25, 0.3) is 0 Å². The summed E-state index contributed by atoms with van der Waals surface area (Å²) in [6.45, 7) is 0.621. The van der Waals surface area contributed by atoms with Crippen LogP contribution in [0.5, 0.6) is 0 Å². The van der Waals surface area contributed by atoms with Gasteiger partial charge in [-0.25, -0.2) is 13.1 Å². The van der Waals surface area contributed by atoms with Crippen LogP contribution >= 0.6 is 0 Å². The summed E-state index contributed by atoms with van der Waals surface area (Å²) in [4.78, 5) is 24.5. The summed E-state index contributed by atoms with van der Waals surface area (Å²) in [6, 6.07) is 7.44. The molecule has 1 aromatic carbocycles. The van der Waals surface area contributed by atoms with E-state index in [2.05, 4.69) is 9.82 Å². The Kier molecular flexibility index (Phi) is 4.45. The molecule has 1 aromatic heterocycles. The van der Waals surface area contributed by atoms with Crippen LogP contribution in [-0.4, -0.2) is 36.6 Å². The van der Waals surface area contributed by atoms with Crippen LogP contribution in [0.2, 0.25) is 0 Å². The number of hydrogen-bond acceptors (Lipinski definition) is 5. The highest BCUT2D eigenvalue weighted by Gasteiger charge is 2.30. The fourth-order valence-corrected chi connectivity index (χ4v) is 3.47. The molecule has 1 aliphatic heterocycles. The van der Waals surface area contributed by atoms with E-state index in [9.17, 15) is 18.0 Å². The lowest BCUT2D eigenvalue weighted by atomic mass is 10.3. The van der Waals surface area contributed by atoms with Crippen LogP contribution in [0, 0.1) is 0 Å². The SMILES string of the molecule is O=C1CCC(=O)N1c1ccc(S(=O)(=O)NCCn2cccn2)cc1. The van der Waals surface area contributed by atoms with Gasteiger partial charge in [0, 0.05) is 31.8 Å². The molecule has 1 N–H and O–H groups in total. The number of sulfonamides is 1.